The molecular formula is C24H15F5N6. The van der Waals surface area contributed by atoms with Crippen LogP contribution in [0.1, 0.15) is 16.8 Å². The van der Waals surface area contributed by atoms with Crippen molar-refractivity contribution in [1.82, 2.24) is 29.9 Å². The Kier molecular flexibility index (Phi) is 5.46. The molecule has 176 valence electrons. The zero-order valence-corrected chi connectivity index (χ0v) is 18.1. The normalized spacial score (nSPS) is 11.8. The van der Waals surface area contributed by atoms with Crippen molar-refractivity contribution < 1.29 is 22.0 Å². The maximum absolute atomic E-state index is 14.2. The molecule has 0 saturated carbocycles. The Balaban J connectivity index is 1.37. The second kappa shape index (κ2) is 8.49. The van der Waals surface area contributed by atoms with Crippen LogP contribution in [0.2, 0.25) is 0 Å². The van der Waals surface area contributed by atoms with Crippen LogP contribution in [0.15, 0.2) is 60.9 Å². The van der Waals surface area contributed by atoms with Gasteiger partial charge in [-0.1, -0.05) is 12.1 Å². The van der Waals surface area contributed by atoms with Gasteiger partial charge in [0.15, 0.2) is 5.82 Å². The summed E-state index contributed by atoms with van der Waals surface area (Å²) in [5.74, 6) is -0.996. The Morgan fingerprint density at radius 3 is 2.34 bits per heavy atom. The fraction of sp³-hybridized carbons (Fsp3) is 0.125. The molecule has 0 saturated heterocycles. The number of imidazole rings is 1. The highest BCUT2D eigenvalue weighted by Gasteiger charge is 2.31. The number of benzene rings is 2. The van der Waals surface area contributed by atoms with Gasteiger partial charge in [0.1, 0.15) is 23.0 Å². The number of rotatable bonds is 4. The van der Waals surface area contributed by atoms with E-state index < -0.39 is 17.6 Å². The molecule has 0 bridgehead atoms. The van der Waals surface area contributed by atoms with Gasteiger partial charge >= 0.3 is 6.18 Å². The van der Waals surface area contributed by atoms with Gasteiger partial charge in [0.05, 0.1) is 35.9 Å². The van der Waals surface area contributed by atoms with E-state index >= 15 is 0 Å². The van der Waals surface area contributed by atoms with E-state index in [0.717, 1.165) is 12.1 Å². The Morgan fingerprint density at radius 2 is 1.63 bits per heavy atom. The molecule has 0 atom stereocenters. The van der Waals surface area contributed by atoms with E-state index in [9.17, 15) is 22.0 Å². The van der Waals surface area contributed by atoms with Crippen LogP contribution >= 0.6 is 0 Å². The summed E-state index contributed by atoms with van der Waals surface area (Å²) in [7, 11) is 0. The molecule has 3 heterocycles. The summed E-state index contributed by atoms with van der Waals surface area (Å²) in [4.78, 5) is 8.90. The maximum atomic E-state index is 14.2. The molecule has 0 radical (unpaired) electrons. The summed E-state index contributed by atoms with van der Waals surface area (Å²) < 4.78 is 67.9. The van der Waals surface area contributed by atoms with Gasteiger partial charge in [0.2, 0.25) is 0 Å². The molecule has 0 unspecified atom stereocenters. The van der Waals surface area contributed by atoms with Gasteiger partial charge in [-0.2, -0.15) is 28.5 Å². The quantitative estimate of drug-likeness (QED) is 0.314. The Hall–Kier alpha value is -4.28. The number of fused-ring (bicyclic) bond motifs is 1. The third-order valence-electron chi connectivity index (χ3n) is 5.44. The second-order valence-electron chi connectivity index (χ2n) is 7.80. The lowest BCUT2D eigenvalue weighted by atomic mass is 10.1. The molecule has 5 rings (SSSR count). The van der Waals surface area contributed by atoms with E-state index in [1.165, 1.54) is 18.3 Å². The summed E-state index contributed by atoms with van der Waals surface area (Å²) in [5, 5.41) is 12.3. The molecule has 0 N–H and O–H groups in total. The van der Waals surface area contributed by atoms with Crippen molar-refractivity contribution in [2.45, 2.75) is 19.6 Å². The van der Waals surface area contributed by atoms with E-state index in [0.29, 0.717) is 40.1 Å². The minimum atomic E-state index is -4.64. The highest BCUT2D eigenvalue weighted by atomic mass is 19.4. The van der Waals surface area contributed by atoms with Gasteiger partial charge in [-0.25, -0.2) is 18.7 Å². The summed E-state index contributed by atoms with van der Waals surface area (Å²) >= 11 is 0. The van der Waals surface area contributed by atoms with Gasteiger partial charge in [-0.3, -0.25) is 4.68 Å². The number of halogens is 5. The van der Waals surface area contributed by atoms with Crippen LogP contribution in [-0.4, -0.2) is 29.9 Å². The van der Waals surface area contributed by atoms with Crippen LogP contribution in [0.5, 0.6) is 0 Å². The molecule has 6 nitrogen and oxygen atoms in total. The first-order valence-corrected chi connectivity index (χ1v) is 10.3. The summed E-state index contributed by atoms with van der Waals surface area (Å²) in [5.41, 5.74) is 1.55. The largest absolute Gasteiger partial charge is 0.416 e. The molecule has 0 spiro atoms. The average Bonchev–Trinajstić information content (AvgIpc) is 3.24. The SMILES string of the molecule is Cc1c(F)cccc1-c1nc2cnn(Cc3ccc(-c4ccc(C(F)(F)F)cc4F)nn3)cc-2n1. The van der Waals surface area contributed by atoms with E-state index in [2.05, 4.69) is 25.3 Å². The molecule has 0 amide bonds. The Bertz CT molecular complexity index is 1490. The third kappa shape index (κ3) is 4.44. The van der Waals surface area contributed by atoms with E-state index in [1.54, 1.807) is 36.0 Å². The van der Waals surface area contributed by atoms with E-state index in [1.807, 2.05) is 0 Å². The highest BCUT2D eigenvalue weighted by Crippen LogP contribution is 2.32. The number of hydrogen-bond acceptors (Lipinski definition) is 5. The number of alkyl halides is 3. The molecular weight excluding hydrogens is 467 g/mol. The molecule has 0 fully saturated rings. The molecule has 2 aliphatic heterocycles. The fourth-order valence-electron chi connectivity index (χ4n) is 3.57. The second-order valence-corrected chi connectivity index (χ2v) is 7.80. The number of hydrogen-bond donors (Lipinski definition) is 0. The lowest BCUT2D eigenvalue weighted by molar-refractivity contribution is -0.137. The van der Waals surface area contributed by atoms with Crippen molar-refractivity contribution in [2.24, 2.45) is 0 Å². The van der Waals surface area contributed by atoms with Gasteiger partial charge in [0, 0.05) is 11.1 Å². The van der Waals surface area contributed by atoms with Gasteiger partial charge in [-0.05, 0) is 48.9 Å². The first-order chi connectivity index (χ1) is 16.7. The summed E-state index contributed by atoms with van der Waals surface area (Å²) in [6.07, 6.45) is -1.45. The van der Waals surface area contributed by atoms with Crippen molar-refractivity contribution in [3.8, 4) is 34.0 Å². The van der Waals surface area contributed by atoms with Gasteiger partial charge in [0.25, 0.3) is 0 Å². The van der Waals surface area contributed by atoms with Crippen LogP contribution in [0.3, 0.4) is 0 Å². The number of aromatic nitrogens is 6. The van der Waals surface area contributed by atoms with E-state index in [-0.39, 0.29) is 23.6 Å². The van der Waals surface area contributed by atoms with Crippen molar-refractivity contribution in [3.63, 3.8) is 0 Å². The highest BCUT2D eigenvalue weighted by molar-refractivity contribution is 5.67. The number of nitrogens with zero attached hydrogens (tertiary/aromatic N) is 6. The first-order valence-electron chi connectivity index (χ1n) is 10.3. The lowest BCUT2D eigenvalue weighted by Crippen LogP contribution is -2.08. The van der Waals surface area contributed by atoms with Crippen LogP contribution in [-0.2, 0) is 12.7 Å². The zero-order valence-electron chi connectivity index (χ0n) is 18.1. The van der Waals surface area contributed by atoms with Crippen LogP contribution in [0.4, 0.5) is 22.0 Å². The van der Waals surface area contributed by atoms with E-state index in [4.69, 9.17) is 0 Å². The van der Waals surface area contributed by atoms with Crippen LogP contribution in [0, 0.1) is 18.6 Å². The molecule has 11 heteroatoms. The van der Waals surface area contributed by atoms with Gasteiger partial charge in [-0.15, -0.1) is 0 Å². The fourth-order valence-corrected chi connectivity index (χ4v) is 3.57. The molecule has 2 aromatic carbocycles. The van der Waals surface area contributed by atoms with Crippen molar-refractivity contribution in [2.75, 3.05) is 0 Å². The van der Waals surface area contributed by atoms with Crippen molar-refractivity contribution >= 4 is 0 Å². The first kappa shape index (κ1) is 22.5. The molecule has 3 aromatic rings. The van der Waals surface area contributed by atoms with Crippen LogP contribution < -0.4 is 0 Å². The zero-order chi connectivity index (χ0) is 24.7. The Labute approximate surface area is 195 Å². The summed E-state index contributed by atoms with van der Waals surface area (Å²) in [6, 6.07) is 10.0. The molecule has 35 heavy (non-hydrogen) atoms. The third-order valence-corrected chi connectivity index (χ3v) is 5.44. The Morgan fingerprint density at radius 1 is 0.829 bits per heavy atom. The topological polar surface area (TPSA) is 69.4 Å². The molecule has 2 aliphatic rings. The predicted octanol–water partition coefficient (Wildman–Crippen LogP) is 5.56. The average molecular weight is 482 g/mol. The predicted molar refractivity (Wildman–Crippen MR) is 116 cm³/mol. The maximum Gasteiger partial charge on any atom is 0.416 e. The minimum absolute atomic E-state index is 0.0866. The van der Waals surface area contributed by atoms with Crippen LogP contribution in [0.25, 0.3) is 34.0 Å². The molecule has 1 aromatic heterocycles. The standard InChI is InChI=1S/C24H15F5N6/c1-13-16(3-2-4-18(13)25)23-31-21-10-30-35(12-22(21)32-23)11-15-6-8-20(34-33-15)17-7-5-14(9-19(17)26)24(27,28)29/h2-10,12H,11H2,1H3. The smallest absolute Gasteiger partial charge is 0.264 e. The molecule has 0 aliphatic carbocycles. The van der Waals surface area contributed by atoms with Crippen molar-refractivity contribution in [3.05, 3.63) is 89.4 Å². The minimum Gasteiger partial charge on any atom is -0.264 e. The summed E-state index contributed by atoms with van der Waals surface area (Å²) in [6.45, 7) is 1.86. The van der Waals surface area contributed by atoms with Crippen molar-refractivity contribution in [1.29, 1.82) is 0 Å². The lowest BCUT2D eigenvalue weighted by Gasteiger charge is -2.09. The monoisotopic (exact) mass is 482 g/mol. The van der Waals surface area contributed by atoms with Gasteiger partial charge < -0.3 is 0 Å².